The Morgan fingerprint density at radius 1 is 1.21 bits per heavy atom. The second kappa shape index (κ2) is 6.96. The summed E-state index contributed by atoms with van der Waals surface area (Å²) in [4.78, 5) is 11.9. The van der Waals surface area contributed by atoms with E-state index in [1.54, 1.807) is 20.8 Å². The molecule has 7 nitrogen and oxygen atoms in total. The van der Waals surface area contributed by atoms with Crippen LogP contribution in [0.3, 0.4) is 0 Å². The molecule has 0 atom stereocenters. The number of rotatable bonds is 5. The highest BCUT2D eigenvalue weighted by Crippen LogP contribution is 2.25. The molecule has 0 radical (unpaired) electrons. The SMILES string of the molecule is CN(Cc1ccccc1)S(=O)(=O)c1nnc(NC(=O)C(C)(C)C)s1. The Bertz CT molecular complexity index is 811. The van der Waals surface area contributed by atoms with E-state index in [-0.39, 0.29) is 21.9 Å². The van der Waals surface area contributed by atoms with Crippen molar-refractivity contribution in [3.05, 3.63) is 35.9 Å². The van der Waals surface area contributed by atoms with E-state index in [0.717, 1.165) is 16.9 Å². The molecule has 0 aliphatic heterocycles. The van der Waals surface area contributed by atoms with Crippen molar-refractivity contribution < 1.29 is 13.2 Å². The predicted octanol–water partition coefficient (Wildman–Crippen LogP) is 2.34. The second-order valence-corrected chi connectivity index (χ2v) is 9.52. The Hall–Kier alpha value is -1.84. The number of hydrogen-bond acceptors (Lipinski definition) is 6. The number of sulfonamides is 1. The topological polar surface area (TPSA) is 92.3 Å². The van der Waals surface area contributed by atoms with Gasteiger partial charge in [0, 0.05) is 19.0 Å². The fourth-order valence-corrected chi connectivity index (χ4v) is 3.95. The van der Waals surface area contributed by atoms with Gasteiger partial charge in [-0.2, -0.15) is 4.31 Å². The van der Waals surface area contributed by atoms with E-state index in [2.05, 4.69) is 15.5 Å². The highest BCUT2D eigenvalue weighted by Gasteiger charge is 2.27. The third kappa shape index (κ3) is 4.37. The molecule has 1 heterocycles. The number of aromatic nitrogens is 2. The molecule has 0 fully saturated rings. The van der Waals surface area contributed by atoms with Gasteiger partial charge in [0.05, 0.1) is 0 Å². The van der Waals surface area contributed by atoms with Gasteiger partial charge in [-0.05, 0) is 5.56 Å². The van der Waals surface area contributed by atoms with Gasteiger partial charge in [-0.25, -0.2) is 8.42 Å². The van der Waals surface area contributed by atoms with Crippen LogP contribution in [0.1, 0.15) is 26.3 Å². The summed E-state index contributed by atoms with van der Waals surface area (Å²) in [6.45, 7) is 5.50. The molecule has 9 heteroatoms. The maximum atomic E-state index is 12.6. The first kappa shape index (κ1) is 18.5. The van der Waals surface area contributed by atoms with Crippen molar-refractivity contribution in [3.63, 3.8) is 0 Å². The van der Waals surface area contributed by atoms with Crippen LogP contribution in [0.5, 0.6) is 0 Å². The molecular formula is C15H20N4O3S2. The number of nitrogens with zero attached hydrogens (tertiary/aromatic N) is 3. The van der Waals surface area contributed by atoms with Gasteiger partial charge in [0.2, 0.25) is 15.4 Å². The summed E-state index contributed by atoms with van der Waals surface area (Å²) in [6.07, 6.45) is 0. The van der Waals surface area contributed by atoms with E-state index >= 15 is 0 Å². The Balaban J connectivity index is 2.14. The summed E-state index contributed by atoms with van der Waals surface area (Å²) in [6, 6.07) is 9.26. The summed E-state index contributed by atoms with van der Waals surface area (Å²) in [5.74, 6) is -0.250. The molecule has 130 valence electrons. The van der Waals surface area contributed by atoms with Crippen LogP contribution in [-0.4, -0.2) is 35.9 Å². The lowest BCUT2D eigenvalue weighted by Crippen LogP contribution is -2.27. The lowest BCUT2D eigenvalue weighted by molar-refractivity contribution is -0.123. The minimum Gasteiger partial charge on any atom is -0.300 e. The van der Waals surface area contributed by atoms with E-state index < -0.39 is 15.4 Å². The summed E-state index contributed by atoms with van der Waals surface area (Å²) in [5.41, 5.74) is 0.267. The zero-order valence-electron chi connectivity index (χ0n) is 14.0. The molecule has 1 aromatic carbocycles. The molecule has 0 saturated carbocycles. The van der Waals surface area contributed by atoms with Crippen LogP contribution in [-0.2, 0) is 21.4 Å². The fourth-order valence-electron chi connectivity index (χ4n) is 1.71. The smallest absolute Gasteiger partial charge is 0.272 e. The number of nitrogens with one attached hydrogen (secondary N) is 1. The van der Waals surface area contributed by atoms with Crippen molar-refractivity contribution in [1.82, 2.24) is 14.5 Å². The van der Waals surface area contributed by atoms with Crippen molar-refractivity contribution >= 4 is 32.4 Å². The highest BCUT2D eigenvalue weighted by molar-refractivity contribution is 7.91. The average Bonchev–Trinajstić information content (AvgIpc) is 2.96. The third-order valence-corrected chi connectivity index (χ3v) is 6.18. The maximum absolute atomic E-state index is 12.6. The summed E-state index contributed by atoms with van der Waals surface area (Å²) >= 11 is 0.839. The molecule has 1 aromatic heterocycles. The lowest BCUT2D eigenvalue weighted by atomic mass is 9.96. The monoisotopic (exact) mass is 368 g/mol. The molecule has 1 amide bonds. The van der Waals surface area contributed by atoms with Crippen molar-refractivity contribution in [2.24, 2.45) is 5.41 Å². The van der Waals surface area contributed by atoms with Crippen LogP contribution >= 0.6 is 11.3 Å². The molecule has 1 N–H and O–H groups in total. The molecule has 0 unspecified atom stereocenters. The third-order valence-electron chi connectivity index (χ3n) is 3.19. The molecule has 2 rings (SSSR count). The van der Waals surface area contributed by atoms with Crippen LogP contribution < -0.4 is 5.32 Å². The van der Waals surface area contributed by atoms with E-state index in [1.165, 1.54) is 11.4 Å². The van der Waals surface area contributed by atoms with Crippen molar-refractivity contribution in [1.29, 1.82) is 0 Å². The van der Waals surface area contributed by atoms with Crippen molar-refractivity contribution in [2.75, 3.05) is 12.4 Å². The minimum absolute atomic E-state index is 0.148. The maximum Gasteiger partial charge on any atom is 0.272 e. The highest BCUT2D eigenvalue weighted by atomic mass is 32.2. The average molecular weight is 368 g/mol. The quantitative estimate of drug-likeness (QED) is 0.818. The Morgan fingerprint density at radius 2 is 1.83 bits per heavy atom. The van der Waals surface area contributed by atoms with Crippen LogP contribution in [0.4, 0.5) is 5.13 Å². The largest absolute Gasteiger partial charge is 0.300 e. The van der Waals surface area contributed by atoms with Gasteiger partial charge >= 0.3 is 0 Å². The van der Waals surface area contributed by atoms with Crippen LogP contribution in [0, 0.1) is 5.41 Å². The summed E-state index contributed by atoms with van der Waals surface area (Å²) in [7, 11) is -2.28. The summed E-state index contributed by atoms with van der Waals surface area (Å²) < 4.78 is 26.2. The zero-order valence-corrected chi connectivity index (χ0v) is 15.6. The van der Waals surface area contributed by atoms with Crippen LogP contribution in [0.15, 0.2) is 34.7 Å². The van der Waals surface area contributed by atoms with Crippen molar-refractivity contribution in [2.45, 2.75) is 31.7 Å². The summed E-state index contributed by atoms with van der Waals surface area (Å²) in [5, 5.41) is 10.2. The Kier molecular flexibility index (Phi) is 5.36. The fraction of sp³-hybridized carbons (Fsp3) is 0.400. The lowest BCUT2D eigenvalue weighted by Gasteiger charge is -2.16. The van der Waals surface area contributed by atoms with E-state index in [1.807, 2.05) is 30.3 Å². The molecule has 2 aromatic rings. The van der Waals surface area contributed by atoms with Gasteiger partial charge in [0.25, 0.3) is 10.0 Å². The molecule has 0 bridgehead atoms. The normalized spacial score (nSPS) is 12.4. The van der Waals surface area contributed by atoms with Gasteiger partial charge in [0.1, 0.15) is 0 Å². The molecule has 0 spiro atoms. The zero-order chi connectivity index (χ0) is 18.0. The molecule has 0 aliphatic carbocycles. The second-order valence-electron chi connectivity index (χ2n) is 6.32. The molecule has 0 saturated heterocycles. The van der Waals surface area contributed by atoms with Crippen LogP contribution in [0.25, 0.3) is 0 Å². The number of carbonyl (C=O) groups excluding carboxylic acids is 1. The van der Waals surface area contributed by atoms with Gasteiger partial charge < -0.3 is 5.32 Å². The number of benzene rings is 1. The minimum atomic E-state index is -3.76. The van der Waals surface area contributed by atoms with Crippen LogP contribution in [0.2, 0.25) is 0 Å². The van der Waals surface area contributed by atoms with E-state index in [9.17, 15) is 13.2 Å². The van der Waals surface area contributed by atoms with E-state index in [4.69, 9.17) is 0 Å². The number of anilines is 1. The first-order chi connectivity index (χ1) is 11.1. The standard InChI is InChI=1S/C15H20N4O3S2/c1-15(2,3)12(20)16-13-17-18-14(23-13)24(21,22)19(4)10-11-8-6-5-7-9-11/h5-9H,10H2,1-4H3,(H,16,17,20). The Morgan fingerprint density at radius 3 is 2.42 bits per heavy atom. The van der Waals surface area contributed by atoms with Crippen molar-refractivity contribution in [3.8, 4) is 0 Å². The van der Waals surface area contributed by atoms with Gasteiger partial charge in [-0.1, -0.05) is 62.4 Å². The number of carbonyl (C=O) groups is 1. The number of hydrogen-bond donors (Lipinski definition) is 1. The first-order valence-electron chi connectivity index (χ1n) is 7.26. The Labute approximate surface area is 145 Å². The van der Waals surface area contributed by atoms with E-state index in [0.29, 0.717) is 0 Å². The van der Waals surface area contributed by atoms with Gasteiger partial charge in [-0.15, -0.1) is 10.2 Å². The predicted molar refractivity (Wildman–Crippen MR) is 93.1 cm³/mol. The first-order valence-corrected chi connectivity index (χ1v) is 9.51. The molecule has 0 aliphatic rings. The van der Waals surface area contributed by atoms with Gasteiger partial charge in [-0.3, -0.25) is 4.79 Å². The van der Waals surface area contributed by atoms with Gasteiger partial charge in [0.15, 0.2) is 0 Å². The number of amides is 1. The molecule has 24 heavy (non-hydrogen) atoms. The molecular weight excluding hydrogens is 348 g/mol.